The summed E-state index contributed by atoms with van der Waals surface area (Å²) in [6.45, 7) is 4.58. The minimum Gasteiger partial charge on any atom is -0.472 e. The standard InChI is InChI=1S/C27H37N3O4/c1-18-15-30(19(2)17-31)27(33)23-13-21(12-11-20-9-10-20)14-28-25(23)34-24(18)16-29(3)26(32)22-7-5-4-6-8-22/h13-14,18-20,22,24,31H,4-10,15-17H2,1-3H3/t18-,19-,24-/m0/s1. The number of rotatable bonds is 5. The van der Waals surface area contributed by atoms with Crippen molar-refractivity contribution < 1.29 is 19.4 Å². The fourth-order valence-electron chi connectivity index (χ4n) is 4.82. The quantitative estimate of drug-likeness (QED) is 0.673. The molecule has 0 saturated heterocycles. The van der Waals surface area contributed by atoms with E-state index in [1.807, 2.05) is 20.9 Å². The highest BCUT2D eigenvalue weighted by atomic mass is 16.5. The van der Waals surface area contributed by atoms with Crippen molar-refractivity contribution in [1.82, 2.24) is 14.8 Å². The van der Waals surface area contributed by atoms with Crippen LogP contribution in [0.25, 0.3) is 0 Å². The maximum absolute atomic E-state index is 13.5. The Kier molecular flexibility index (Phi) is 7.77. The van der Waals surface area contributed by atoms with E-state index in [0.717, 1.165) is 38.5 Å². The van der Waals surface area contributed by atoms with Gasteiger partial charge in [0.05, 0.1) is 19.2 Å². The van der Waals surface area contributed by atoms with Gasteiger partial charge in [-0.15, -0.1) is 0 Å². The van der Waals surface area contributed by atoms with E-state index in [4.69, 9.17) is 4.74 Å². The molecule has 2 fully saturated rings. The third kappa shape index (κ3) is 5.72. The lowest BCUT2D eigenvalue weighted by atomic mass is 9.88. The fraction of sp³-hybridized carbons (Fsp3) is 0.667. The third-order valence-electron chi connectivity index (χ3n) is 7.30. The second-order valence-corrected chi connectivity index (χ2v) is 10.3. The van der Waals surface area contributed by atoms with Crippen molar-refractivity contribution in [2.75, 3.05) is 26.7 Å². The second kappa shape index (κ2) is 10.8. The summed E-state index contributed by atoms with van der Waals surface area (Å²) in [5.41, 5.74) is 1.05. The summed E-state index contributed by atoms with van der Waals surface area (Å²) in [6, 6.07) is 1.41. The summed E-state index contributed by atoms with van der Waals surface area (Å²) < 4.78 is 6.32. The van der Waals surface area contributed by atoms with E-state index in [9.17, 15) is 14.7 Å². The number of aliphatic hydroxyl groups is 1. The van der Waals surface area contributed by atoms with E-state index in [1.165, 1.54) is 6.42 Å². The van der Waals surface area contributed by atoms with Gasteiger partial charge in [-0.05, 0) is 38.7 Å². The molecular formula is C27H37N3O4. The molecule has 0 spiro atoms. The van der Waals surface area contributed by atoms with Crippen molar-refractivity contribution in [2.24, 2.45) is 17.8 Å². The average Bonchev–Trinajstić information content (AvgIpc) is 3.69. The van der Waals surface area contributed by atoms with Gasteiger partial charge in [0.15, 0.2) is 0 Å². The lowest BCUT2D eigenvalue weighted by Gasteiger charge is -2.38. The summed E-state index contributed by atoms with van der Waals surface area (Å²) in [4.78, 5) is 34.5. The monoisotopic (exact) mass is 467 g/mol. The summed E-state index contributed by atoms with van der Waals surface area (Å²) >= 11 is 0. The summed E-state index contributed by atoms with van der Waals surface area (Å²) in [5.74, 6) is 7.07. The zero-order chi connectivity index (χ0) is 24.2. The lowest BCUT2D eigenvalue weighted by molar-refractivity contribution is -0.136. The van der Waals surface area contributed by atoms with E-state index in [2.05, 4.69) is 16.8 Å². The van der Waals surface area contributed by atoms with E-state index in [1.54, 1.807) is 22.1 Å². The minimum absolute atomic E-state index is 0.0520. The Labute approximate surface area is 202 Å². The van der Waals surface area contributed by atoms with E-state index >= 15 is 0 Å². The first-order valence-electron chi connectivity index (χ1n) is 12.7. The number of amides is 2. The van der Waals surface area contributed by atoms with Gasteiger partial charge >= 0.3 is 0 Å². The van der Waals surface area contributed by atoms with Crippen LogP contribution in [0.4, 0.5) is 0 Å². The van der Waals surface area contributed by atoms with E-state index in [0.29, 0.717) is 30.1 Å². The summed E-state index contributed by atoms with van der Waals surface area (Å²) in [5, 5.41) is 9.82. The zero-order valence-corrected chi connectivity index (χ0v) is 20.6. The normalized spacial score (nSPS) is 24.1. The largest absolute Gasteiger partial charge is 0.472 e. The van der Waals surface area contributed by atoms with E-state index in [-0.39, 0.29) is 48.3 Å². The Balaban J connectivity index is 1.59. The number of aliphatic hydroxyl groups excluding tert-OH is 1. The second-order valence-electron chi connectivity index (χ2n) is 10.3. The van der Waals surface area contributed by atoms with E-state index < -0.39 is 0 Å². The molecular weight excluding hydrogens is 430 g/mol. The van der Waals surface area contributed by atoms with Crippen LogP contribution < -0.4 is 4.74 Å². The molecule has 7 heteroatoms. The molecule has 2 heterocycles. The van der Waals surface area contributed by atoms with Crippen LogP contribution in [-0.2, 0) is 4.79 Å². The molecule has 0 unspecified atom stereocenters. The highest BCUT2D eigenvalue weighted by molar-refractivity contribution is 5.97. The molecule has 0 aromatic carbocycles. The van der Waals surface area contributed by atoms with Crippen LogP contribution in [-0.4, -0.2) is 70.6 Å². The Hall–Kier alpha value is -2.59. The van der Waals surface area contributed by atoms with Crippen molar-refractivity contribution in [1.29, 1.82) is 0 Å². The predicted octanol–water partition coefficient (Wildman–Crippen LogP) is 3.10. The van der Waals surface area contributed by atoms with Gasteiger partial charge in [0.1, 0.15) is 11.7 Å². The number of carbonyl (C=O) groups is 2. The molecule has 2 saturated carbocycles. The SMILES string of the molecule is C[C@H]1CN([C@@H](C)CO)C(=O)c2cc(C#CC3CC3)cnc2O[C@H]1CN(C)C(=O)C1CCCCC1. The minimum atomic E-state index is -0.343. The molecule has 184 valence electrons. The predicted molar refractivity (Wildman–Crippen MR) is 129 cm³/mol. The molecule has 1 aromatic heterocycles. The molecule has 4 rings (SSSR count). The van der Waals surface area contributed by atoms with Crippen molar-refractivity contribution in [2.45, 2.75) is 70.9 Å². The maximum Gasteiger partial charge on any atom is 0.259 e. The average molecular weight is 468 g/mol. The molecule has 3 atom stereocenters. The Morgan fingerprint density at radius 1 is 1.29 bits per heavy atom. The molecule has 1 aromatic rings. The van der Waals surface area contributed by atoms with Gasteiger partial charge in [-0.3, -0.25) is 9.59 Å². The van der Waals surface area contributed by atoms with Crippen LogP contribution >= 0.6 is 0 Å². The number of carbonyl (C=O) groups excluding carboxylic acids is 2. The van der Waals surface area contributed by atoms with Crippen molar-refractivity contribution in [3.8, 4) is 17.7 Å². The van der Waals surface area contributed by atoms with Crippen LogP contribution in [0.15, 0.2) is 12.3 Å². The number of hydrogen-bond acceptors (Lipinski definition) is 5. The number of hydrogen-bond donors (Lipinski definition) is 1. The summed E-state index contributed by atoms with van der Waals surface area (Å²) in [7, 11) is 1.84. The third-order valence-corrected chi connectivity index (χ3v) is 7.30. The van der Waals surface area contributed by atoms with Crippen LogP contribution in [0.3, 0.4) is 0 Å². The molecule has 0 radical (unpaired) electrons. The van der Waals surface area contributed by atoms with Gasteiger partial charge in [-0.1, -0.05) is 38.0 Å². The molecule has 7 nitrogen and oxygen atoms in total. The van der Waals surface area contributed by atoms with Crippen LogP contribution in [0.2, 0.25) is 0 Å². The summed E-state index contributed by atoms with van der Waals surface area (Å²) in [6.07, 6.45) is 8.92. The Morgan fingerprint density at radius 3 is 2.71 bits per heavy atom. The van der Waals surface area contributed by atoms with Gasteiger partial charge in [-0.2, -0.15) is 0 Å². The van der Waals surface area contributed by atoms with Gasteiger partial charge < -0.3 is 19.6 Å². The number of ether oxygens (including phenoxy) is 1. The molecule has 1 N–H and O–H groups in total. The first-order valence-corrected chi connectivity index (χ1v) is 12.7. The number of aromatic nitrogens is 1. The van der Waals surface area contributed by atoms with Crippen LogP contribution in [0.5, 0.6) is 5.88 Å². The molecule has 1 aliphatic heterocycles. The van der Waals surface area contributed by atoms with Crippen molar-refractivity contribution in [3.63, 3.8) is 0 Å². The van der Waals surface area contributed by atoms with Crippen molar-refractivity contribution in [3.05, 3.63) is 23.4 Å². The fourth-order valence-corrected chi connectivity index (χ4v) is 4.82. The van der Waals surface area contributed by atoms with Gasteiger partial charge in [0.2, 0.25) is 11.8 Å². The highest BCUT2D eigenvalue weighted by Gasteiger charge is 2.35. The first-order chi connectivity index (χ1) is 16.4. The molecule has 2 amide bonds. The molecule has 3 aliphatic rings. The first kappa shape index (κ1) is 24.5. The smallest absolute Gasteiger partial charge is 0.259 e. The highest BCUT2D eigenvalue weighted by Crippen LogP contribution is 2.30. The number of likely N-dealkylation sites (N-methyl/N-ethyl adjacent to an activating group) is 1. The number of nitrogens with zero attached hydrogens (tertiary/aromatic N) is 3. The topological polar surface area (TPSA) is 83.0 Å². The zero-order valence-electron chi connectivity index (χ0n) is 20.6. The number of pyridine rings is 1. The van der Waals surface area contributed by atoms with Crippen molar-refractivity contribution >= 4 is 11.8 Å². The van der Waals surface area contributed by atoms with Gasteiger partial charge in [-0.25, -0.2) is 4.98 Å². The lowest BCUT2D eigenvalue weighted by Crippen LogP contribution is -2.51. The van der Waals surface area contributed by atoms with Crippen LogP contribution in [0.1, 0.15) is 74.7 Å². The molecule has 2 aliphatic carbocycles. The molecule has 34 heavy (non-hydrogen) atoms. The van der Waals surface area contributed by atoms with Gasteiger partial charge in [0, 0.05) is 43.1 Å². The maximum atomic E-state index is 13.5. The number of fused-ring (bicyclic) bond motifs is 1. The van der Waals surface area contributed by atoms with Crippen LogP contribution in [0, 0.1) is 29.6 Å². The Morgan fingerprint density at radius 2 is 2.03 bits per heavy atom. The molecule has 0 bridgehead atoms. The van der Waals surface area contributed by atoms with Gasteiger partial charge in [0.25, 0.3) is 5.91 Å². The Bertz CT molecular complexity index is 958.